The Kier molecular flexibility index (Phi) is 5.31. The summed E-state index contributed by atoms with van der Waals surface area (Å²) in [5.74, 6) is -1.78. The van der Waals surface area contributed by atoms with Crippen LogP contribution in [0.1, 0.15) is 0 Å². The van der Waals surface area contributed by atoms with E-state index in [4.69, 9.17) is 13.9 Å². The van der Waals surface area contributed by atoms with Gasteiger partial charge < -0.3 is 19.2 Å². The first kappa shape index (κ1) is 15.8. The van der Waals surface area contributed by atoms with Gasteiger partial charge >= 0.3 is 11.7 Å². The minimum atomic E-state index is -0.699. The molecule has 0 saturated carbocycles. The highest BCUT2D eigenvalue weighted by Gasteiger charge is 2.14. The number of carbonyl (C=O) groups excluding carboxylic acids is 2. The molecule has 1 N–H and O–H groups in total. The third kappa shape index (κ3) is 3.95. The van der Waals surface area contributed by atoms with Crippen LogP contribution in [0.5, 0.6) is 0 Å². The van der Waals surface area contributed by atoms with Crippen molar-refractivity contribution in [1.29, 1.82) is 0 Å². The average molecular weight is 308 g/mol. The van der Waals surface area contributed by atoms with Gasteiger partial charge in [-0.05, 0) is 12.1 Å². The first-order valence-electron chi connectivity index (χ1n) is 6.61. The number of ether oxygens (including phenoxy) is 2. The van der Waals surface area contributed by atoms with Gasteiger partial charge in [0, 0.05) is 13.7 Å². The number of hydrogen-bond donors (Lipinski definition) is 1. The molecular weight excluding hydrogens is 292 g/mol. The van der Waals surface area contributed by atoms with Crippen LogP contribution in [0.25, 0.3) is 11.1 Å². The lowest BCUT2D eigenvalue weighted by molar-refractivity contribution is -0.149. The summed E-state index contributed by atoms with van der Waals surface area (Å²) in [5, 5.41) is 2.51. The van der Waals surface area contributed by atoms with Crippen LogP contribution in [-0.2, 0) is 25.6 Å². The van der Waals surface area contributed by atoms with E-state index in [-0.39, 0.29) is 6.54 Å². The van der Waals surface area contributed by atoms with Crippen molar-refractivity contribution in [2.24, 2.45) is 0 Å². The fourth-order valence-corrected chi connectivity index (χ4v) is 1.83. The number of hydrogen-bond acceptors (Lipinski definition) is 6. The van der Waals surface area contributed by atoms with E-state index in [1.165, 1.54) is 7.11 Å². The normalized spacial score (nSPS) is 10.6. The lowest BCUT2D eigenvalue weighted by Crippen LogP contribution is -2.32. The van der Waals surface area contributed by atoms with Crippen molar-refractivity contribution in [3.63, 3.8) is 0 Å². The highest BCUT2D eigenvalue weighted by Crippen LogP contribution is 2.11. The largest absolute Gasteiger partial charge is 0.454 e. The number of para-hydroxylation sites is 2. The maximum atomic E-state index is 11.7. The number of nitrogens with zero attached hydrogens (tertiary/aromatic N) is 1. The van der Waals surface area contributed by atoms with Gasteiger partial charge in [-0.2, -0.15) is 0 Å². The van der Waals surface area contributed by atoms with Crippen LogP contribution in [-0.4, -0.2) is 43.3 Å². The lowest BCUT2D eigenvalue weighted by atomic mass is 10.3. The second-order valence-electron chi connectivity index (χ2n) is 4.43. The molecule has 0 bridgehead atoms. The summed E-state index contributed by atoms with van der Waals surface area (Å²) >= 11 is 0. The molecule has 8 nitrogen and oxygen atoms in total. The predicted molar refractivity (Wildman–Crippen MR) is 76.3 cm³/mol. The van der Waals surface area contributed by atoms with Crippen molar-refractivity contribution in [1.82, 2.24) is 9.88 Å². The number of amides is 1. The SMILES string of the molecule is COCCNC(=O)COC(=O)Cn1c(=O)oc2ccccc21. The molecule has 2 aromatic rings. The molecule has 0 unspecified atom stereocenters. The van der Waals surface area contributed by atoms with Crippen molar-refractivity contribution in [3.05, 3.63) is 34.8 Å². The average Bonchev–Trinajstić information content (AvgIpc) is 2.82. The fraction of sp³-hybridized carbons (Fsp3) is 0.357. The minimum absolute atomic E-state index is 0.318. The van der Waals surface area contributed by atoms with Gasteiger partial charge in [-0.3, -0.25) is 14.2 Å². The highest BCUT2D eigenvalue weighted by atomic mass is 16.5. The second kappa shape index (κ2) is 7.41. The summed E-state index contributed by atoms with van der Waals surface area (Å²) in [5.41, 5.74) is 0.881. The monoisotopic (exact) mass is 308 g/mol. The molecule has 0 fully saturated rings. The molecule has 2 rings (SSSR count). The van der Waals surface area contributed by atoms with Crippen LogP contribution >= 0.6 is 0 Å². The smallest absolute Gasteiger partial charge is 0.420 e. The fourth-order valence-electron chi connectivity index (χ4n) is 1.83. The first-order valence-corrected chi connectivity index (χ1v) is 6.61. The van der Waals surface area contributed by atoms with E-state index in [1.54, 1.807) is 24.3 Å². The van der Waals surface area contributed by atoms with Crippen LogP contribution in [0.3, 0.4) is 0 Å². The Morgan fingerprint density at radius 3 is 2.86 bits per heavy atom. The van der Waals surface area contributed by atoms with Gasteiger partial charge in [0.05, 0.1) is 12.1 Å². The Morgan fingerprint density at radius 2 is 2.09 bits per heavy atom. The third-order valence-electron chi connectivity index (χ3n) is 2.85. The molecule has 118 valence electrons. The molecule has 0 radical (unpaired) electrons. The summed E-state index contributed by atoms with van der Waals surface area (Å²) in [6, 6.07) is 6.73. The van der Waals surface area contributed by atoms with Crippen LogP contribution in [0.4, 0.5) is 0 Å². The van der Waals surface area contributed by atoms with Crippen molar-refractivity contribution < 1.29 is 23.5 Å². The van der Waals surface area contributed by atoms with Crippen molar-refractivity contribution >= 4 is 23.0 Å². The van der Waals surface area contributed by atoms with E-state index in [0.29, 0.717) is 24.3 Å². The molecule has 1 amide bonds. The molecule has 0 saturated heterocycles. The molecule has 0 spiro atoms. The standard InChI is InChI=1S/C14H16N2O6/c1-20-7-6-15-12(17)9-21-13(18)8-16-10-4-2-3-5-11(10)22-14(16)19/h2-5H,6-9H2,1H3,(H,15,17). The van der Waals surface area contributed by atoms with Crippen LogP contribution in [0.15, 0.2) is 33.5 Å². The van der Waals surface area contributed by atoms with E-state index in [9.17, 15) is 14.4 Å². The Morgan fingerprint density at radius 1 is 1.32 bits per heavy atom. The van der Waals surface area contributed by atoms with E-state index in [0.717, 1.165) is 4.57 Å². The van der Waals surface area contributed by atoms with E-state index in [2.05, 4.69) is 5.32 Å². The van der Waals surface area contributed by atoms with Crippen LogP contribution in [0.2, 0.25) is 0 Å². The first-order chi connectivity index (χ1) is 10.6. The quantitative estimate of drug-likeness (QED) is 0.566. The molecule has 0 aliphatic heterocycles. The molecule has 1 aromatic carbocycles. The Labute approximate surface area is 125 Å². The second-order valence-corrected chi connectivity index (χ2v) is 4.43. The Bertz CT molecular complexity index is 717. The highest BCUT2D eigenvalue weighted by molar-refractivity contribution is 5.81. The number of fused-ring (bicyclic) bond motifs is 1. The van der Waals surface area contributed by atoms with Crippen molar-refractivity contribution in [3.8, 4) is 0 Å². The molecule has 0 atom stereocenters. The lowest BCUT2D eigenvalue weighted by Gasteiger charge is -2.06. The molecule has 1 aromatic heterocycles. The zero-order valence-electron chi connectivity index (χ0n) is 12.0. The third-order valence-corrected chi connectivity index (χ3v) is 2.85. The van der Waals surface area contributed by atoms with Gasteiger partial charge in [0.25, 0.3) is 5.91 Å². The predicted octanol–water partition coefficient (Wildman–Crippen LogP) is -0.0997. The van der Waals surface area contributed by atoms with Gasteiger partial charge in [-0.15, -0.1) is 0 Å². The zero-order chi connectivity index (χ0) is 15.9. The molecule has 1 heterocycles. The van der Waals surface area contributed by atoms with E-state index >= 15 is 0 Å². The number of rotatable bonds is 7. The summed E-state index contributed by atoms with van der Waals surface area (Å²) in [6.45, 7) is -0.0247. The molecular formula is C14H16N2O6. The summed E-state index contributed by atoms with van der Waals surface area (Å²) < 4.78 is 15.7. The Hall–Kier alpha value is -2.61. The van der Waals surface area contributed by atoms with Gasteiger partial charge in [-0.25, -0.2) is 4.79 Å². The van der Waals surface area contributed by atoms with Gasteiger partial charge in [0.15, 0.2) is 12.2 Å². The van der Waals surface area contributed by atoms with Crippen molar-refractivity contribution in [2.45, 2.75) is 6.54 Å². The number of methoxy groups -OCH3 is 1. The van der Waals surface area contributed by atoms with Gasteiger partial charge in [-0.1, -0.05) is 12.1 Å². The zero-order valence-corrected chi connectivity index (χ0v) is 12.0. The minimum Gasteiger partial charge on any atom is -0.454 e. The number of benzene rings is 1. The van der Waals surface area contributed by atoms with E-state index < -0.39 is 24.2 Å². The van der Waals surface area contributed by atoms with Gasteiger partial charge in [0.2, 0.25) is 0 Å². The molecule has 22 heavy (non-hydrogen) atoms. The number of nitrogens with one attached hydrogen (secondary N) is 1. The maximum Gasteiger partial charge on any atom is 0.420 e. The number of oxazole rings is 1. The van der Waals surface area contributed by atoms with E-state index in [1.807, 2.05) is 0 Å². The Balaban J connectivity index is 1.90. The summed E-state index contributed by atoms with van der Waals surface area (Å²) in [4.78, 5) is 34.8. The van der Waals surface area contributed by atoms with Crippen molar-refractivity contribution in [2.75, 3.05) is 26.9 Å². The number of esters is 1. The van der Waals surface area contributed by atoms with Crippen LogP contribution < -0.4 is 11.1 Å². The van der Waals surface area contributed by atoms with Crippen LogP contribution in [0, 0.1) is 0 Å². The number of aromatic nitrogens is 1. The molecule has 8 heteroatoms. The topological polar surface area (TPSA) is 99.8 Å². The summed E-state index contributed by atoms with van der Waals surface area (Å²) in [6.07, 6.45) is 0. The number of carbonyl (C=O) groups is 2. The molecule has 0 aliphatic rings. The van der Waals surface area contributed by atoms with Gasteiger partial charge in [0.1, 0.15) is 6.54 Å². The summed E-state index contributed by atoms with van der Waals surface area (Å²) in [7, 11) is 1.51. The maximum absolute atomic E-state index is 11.7. The molecule has 0 aliphatic carbocycles.